The fourth-order valence-corrected chi connectivity index (χ4v) is 1.50. The van der Waals surface area contributed by atoms with E-state index in [0.717, 1.165) is 11.8 Å². The molecule has 0 spiro atoms. The Morgan fingerprint density at radius 2 is 1.58 bits per heavy atom. The molecule has 0 fully saturated rings. The van der Waals surface area contributed by atoms with Gasteiger partial charge in [0.2, 0.25) is 0 Å². The molecule has 0 aliphatic heterocycles. The van der Waals surface area contributed by atoms with Gasteiger partial charge in [-0.25, -0.2) is 0 Å². The molecular weight excluding hydrogens is 144 g/mol. The first-order valence-corrected chi connectivity index (χ1v) is 5.13. The van der Waals surface area contributed by atoms with Gasteiger partial charge >= 0.3 is 0 Å². The van der Waals surface area contributed by atoms with Gasteiger partial charge in [0.15, 0.2) is 0 Å². The SMILES string of the molecule is CC[C](C)C(C)C(C)C(C)(C)C. The smallest absolute Gasteiger partial charge is 0.0244 e. The maximum atomic E-state index is 2.36. The van der Waals surface area contributed by atoms with Crippen molar-refractivity contribution in [1.82, 2.24) is 0 Å². The molecule has 0 saturated heterocycles. The van der Waals surface area contributed by atoms with E-state index in [1.807, 2.05) is 0 Å². The molecule has 0 heteroatoms. The van der Waals surface area contributed by atoms with Crippen LogP contribution in [-0.4, -0.2) is 0 Å². The zero-order valence-corrected chi connectivity index (χ0v) is 9.86. The van der Waals surface area contributed by atoms with E-state index in [9.17, 15) is 0 Å². The lowest BCUT2D eigenvalue weighted by atomic mass is 9.70. The second-order valence-corrected chi connectivity index (χ2v) is 5.14. The van der Waals surface area contributed by atoms with Crippen LogP contribution in [0.15, 0.2) is 0 Å². The van der Waals surface area contributed by atoms with E-state index in [1.54, 1.807) is 5.92 Å². The van der Waals surface area contributed by atoms with E-state index in [4.69, 9.17) is 0 Å². The third kappa shape index (κ3) is 3.16. The van der Waals surface area contributed by atoms with E-state index >= 15 is 0 Å². The molecule has 73 valence electrons. The molecule has 0 nitrogen and oxygen atoms in total. The van der Waals surface area contributed by atoms with Crippen molar-refractivity contribution in [3.05, 3.63) is 5.92 Å². The van der Waals surface area contributed by atoms with Crippen LogP contribution in [0.3, 0.4) is 0 Å². The van der Waals surface area contributed by atoms with Gasteiger partial charge in [-0.15, -0.1) is 0 Å². The lowest BCUT2D eigenvalue weighted by molar-refractivity contribution is 0.192. The van der Waals surface area contributed by atoms with Gasteiger partial charge in [-0.05, 0) is 29.6 Å². The first kappa shape index (κ1) is 12.0. The summed E-state index contributed by atoms with van der Waals surface area (Å²) in [4.78, 5) is 0. The summed E-state index contributed by atoms with van der Waals surface area (Å²) in [6, 6.07) is 0. The Labute approximate surface area is 78.8 Å². The van der Waals surface area contributed by atoms with Crippen molar-refractivity contribution in [3.63, 3.8) is 0 Å². The van der Waals surface area contributed by atoms with E-state index < -0.39 is 0 Å². The highest BCUT2D eigenvalue weighted by Gasteiger charge is 2.27. The Morgan fingerprint density at radius 3 is 1.83 bits per heavy atom. The number of hydrogen-bond donors (Lipinski definition) is 0. The second kappa shape index (κ2) is 4.30. The topological polar surface area (TPSA) is 0 Å². The van der Waals surface area contributed by atoms with Gasteiger partial charge in [0, 0.05) is 0 Å². The van der Waals surface area contributed by atoms with E-state index in [0.29, 0.717) is 5.41 Å². The molecular formula is C12H25. The predicted molar refractivity (Wildman–Crippen MR) is 57.0 cm³/mol. The minimum absolute atomic E-state index is 0.440. The van der Waals surface area contributed by atoms with Crippen molar-refractivity contribution in [2.45, 2.75) is 54.9 Å². The first-order valence-electron chi connectivity index (χ1n) is 5.13. The van der Waals surface area contributed by atoms with Crippen LogP contribution in [-0.2, 0) is 0 Å². The van der Waals surface area contributed by atoms with Crippen LogP contribution in [0.5, 0.6) is 0 Å². The first-order chi connectivity index (χ1) is 5.30. The Hall–Kier alpha value is 0. The fraction of sp³-hybridized carbons (Fsp3) is 0.917. The highest BCUT2D eigenvalue weighted by molar-refractivity contribution is 4.93. The summed E-state index contributed by atoms with van der Waals surface area (Å²) in [7, 11) is 0. The molecule has 1 radical (unpaired) electrons. The molecule has 0 bridgehead atoms. The van der Waals surface area contributed by atoms with Crippen molar-refractivity contribution in [1.29, 1.82) is 0 Å². The molecule has 0 N–H and O–H groups in total. The molecule has 0 aliphatic carbocycles. The molecule has 0 aromatic carbocycles. The molecule has 2 atom stereocenters. The summed E-state index contributed by atoms with van der Waals surface area (Å²) in [6.45, 7) is 16.2. The third-order valence-corrected chi connectivity index (χ3v) is 3.45. The van der Waals surface area contributed by atoms with Gasteiger partial charge in [-0.2, -0.15) is 0 Å². The molecule has 0 aliphatic rings. The van der Waals surface area contributed by atoms with Crippen LogP contribution < -0.4 is 0 Å². The maximum absolute atomic E-state index is 2.36. The standard InChI is InChI=1S/C12H25/c1-8-9(2)10(3)11(4)12(5,6)7/h10-11H,8H2,1-7H3. The molecule has 0 rings (SSSR count). The Morgan fingerprint density at radius 1 is 1.17 bits per heavy atom. The largest absolute Gasteiger partial charge is 0.0648 e. The molecule has 0 aromatic rings. The van der Waals surface area contributed by atoms with Gasteiger partial charge in [0.05, 0.1) is 0 Å². The molecule has 0 saturated carbocycles. The normalized spacial score (nSPS) is 18.0. The quantitative estimate of drug-likeness (QED) is 0.590. The van der Waals surface area contributed by atoms with E-state index in [1.165, 1.54) is 6.42 Å². The highest BCUT2D eigenvalue weighted by Crippen LogP contribution is 2.36. The van der Waals surface area contributed by atoms with Crippen LogP contribution in [0.4, 0.5) is 0 Å². The van der Waals surface area contributed by atoms with Gasteiger partial charge in [-0.1, -0.05) is 48.5 Å². The van der Waals surface area contributed by atoms with Crippen molar-refractivity contribution < 1.29 is 0 Å². The third-order valence-electron chi connectivity index (χ3n) is 3.45. The highest BCUT2D eigenvalue weighted by atomic mass is 14.3. The Balaban J connectivity index is 4.19. The Kier molecular flexibility index (Phi) is 4.30. The average Bonchev–Trinajstić information content (AvgIpc) is 1.98. The monoisotopic (exact) mass is 169 g/mol. The summed E-state index contributed by atoms with van der Waals surface area (Å²) in [5.41, 5.74) is 0.440. The van der Waals surface area contributed by atoms with Gasteiger partial charge in [0.25, 0.3) is 0 Å². The van der Waals surface area contributed by atoms with Crippen LogP contribution in [0.2, 0.25) is 0 Å². The molecule has 0 heterocycles. The maximum Gasteiger partial charge on any atom is -0.0244 e. The van der Waals surface area contributed by atoms with Crippen LogP contribution in [0.1, 0.15) is 54.9 Å². The van der Waals surface area contributed by atoms with Crippen molar-refractivity contribution in [2.75, 3.05) is 0 Å². The summed E-state index contributed by atoms with van der Waals surface area (Å²) in [6.07, 6.45) is 1.22. The molecule has 2 unspecified atom stereocenters. The van der Waals surface area contributed by atoms with Gasteiger partial charge < -0.3 is 0 Å². The molecule has 0 aromatic heterocycles. The van der Waals surface area contributed by atoms with E-state index in [2.05, 4.69) is 48.5 Å². The zero-order valence-electron chi connectivity index (χ0n) is 9.86. The second-order valence-electron chi connectivity index (χ2n) is 5.14. The fourth-order valence-electron chi connectivity index (χ4n) is 1.50. The van der Waals surface area contributed by atoms with Crippen LogP contribution in [0.25, 0.3) is 0 Å². The van der Waals surface area contributed by atoms with Crippen molar-refractivity contribution >= 4 is 0 Å². The van der Waals surface area contributed by atoms with Crippen LogP contribution in [0, 0.1) is 23.2 Å². The van der Waals surface area contributed by atoms with Crippen molar-refractivity contribution in [2.24, 2.45) is 17.3 Å². The molecule has 12 heavy (non-hydrogen) atoms. The number of hydrogen-bond acceptors (Lipinski definition) is 0. The molecule has 0 amide bonds. The zero-order chi connectivity index (χ0) is 9.94. The summed E-state index contributed by atoms with van der Waals surface area (Å²) >= 11 is 0. The number of rotatable bonds is 3. The average molecular weight is 169 g/mol. The Bertz CT molecular complexity index is 118. The van der Waals surface area contributed by atoms with Gasteiger partial charge in [0.1, 0.15) is 0 Å². The lowest BCUT2D eigenvalue weighted by Crippen LogP contribution is -2.26. The summed E-state index contributed by atoms with van der Waals surface area (Å²) in [5, 5.41) is 0. The lowest BCUT2D eigenvalue weighted by Gasteiger charge is -2.35. The van der Waals surface area contributed by atoms with Crippen molar-refractivity contribution in [3.8, 4) is 0 Å². The predicted octanol–water partition coefficient (Wildman–Crippen LogP) is 4.31. The minimum atomic E-state index is 0.440. The summed E-state index contributed by atoms with van der Waals surface area (Å²) in [5.74, 6) is 3.17. The minimum Gasteiger partial charge on any atom is -0.0648 e. The van der Waals surface area contributed by atoms with Gasteiger partial charge in [-0.3, -0.25) is 0 Å². The van der Waals surface area contributed by atoms with Crippen LogP contribution >= 0.6 is 0 Å². The summed E-state index contributed by atoms with van der Waals surface area (Å²) < 4.78 is 0. The van der Waals surface area contributed by atoms with E-state index in [-0.39, 0.29) is 0 Å².